The van der Waals surface area contributed by atoms with Crippen molar-refractivity contribution in [1.29, 1.82) is 0 Å². The molecule has 36 heavy (non-hydrogen) atoms. The van der Waals surface area contributed by atoms with Gasteiger partial charge in [-0.1, -0.05) is 63.0 Å². The van der Waals surface area contributed by atoms with Crippen LogP contribution in [0.25, 0.3) is 0 Å². The predicted octanol–water partition coefficient (Wildman–Crippen LogP) is 6.61. The van der Waals surface area contributed by atoms with E-state index >= 15 is 0 Å². The van der Waals surface area contributed by atoms with E-state index in [1.165, 1.54) is 11.6 Å². The number of likely N-dealkylation sites (tertiary alicyclic amines) is 1. The van der Waals surface area contributed by atoms with Crippen LogP contribution in [-0.4, -0.2) is 38.9 Å². The largest absolute Gasteiger partial charge is 0.492 e. The molecule has 0 aliphatic carbocycles. The summed E-state index contributed by atoms with van der Waals surface area (Å²) >= 11 is 6.89. The van der Waals surface area contributed by atoms with Gasteiger partial charge in [0.05, 0.1) is 17.9 Å². The van der Waals surface area contributed by atoms with E-state index in [1.807, 2.05) is 12.1 Å². The highest BCUT2D eigenvalue weighted by molar-refractivity contribution is 9.10. The van der Waals surface area contributed by atoms with Crippen molar-refractivity contribution in [3.8, 4) is 5.75 Å². The maximum absolute atomic E-state index is 13.5. The Morgan fingerprint density at radius 3 is 2.39 bits per heavy atom. The van der Waals surface area contributed by atoms with E-state index < -0.39 is 10.0 Å². The van der Waals surface area contributed by atoms with Crippen molar-refractivity contribution in [3.63, 3.8) is 0 Å². The molecule has 1 saturated heterocycles. The third kappa shape index (κ3) is 5.79. The molecule has 0 saturated carbocycles. The number of piperidine rings is 1. The number of carbonyl (C=O) groups is 1. The number of nitrogens with one attached hydrogen (secondary N) is 1. The summed E-state index contributed by atoms with van der Waals surface area (Å²) in [6.07, 6.45) is 1.64. The first kappa shape index (κ1) is 26.7. The molecule has 0 aromatic heterocycles. The molecule has 1 amide bonds. The zero-order valence-corrected chi connectivity index (χ0v) is 24.1. The lowest BCUT2D eigenvalue weighted by Crippen LogP contribution is -2.44. The van der Waals surface area contributed by atoms with E-state index in [2.05, 4.69) is 55.6 Å². The molecule has 0 bridgehead atoms. The first-order valence-corrected chi connectivity index (χ1v) is 14.8. The number of halogens is 2. The van der Waals surface area contributed by atoms with E-state index in [0.29, 0.717) is 29.7 Å². The second kappa shape index (κ2) is 10.9. The molecule has 0 unspecified atom stereocenters. The fraction of sp³-hybridized carbons (Fsp3) is 0.296. The molecular weight excluding hydrogens is 608 g/mol. The van der Waals surface area contributed by atoms with Crippen LogP contribution in [0.1, 0.15) is 42.6 Å². The quantitative estimate of drug-likeness (QED) is 0.317. The summed E-state index contributed by atoms with van der Waals surface area (Å²) in [5.41, 5.74) is 1.78. The van der Waals surface area contributed by atoms with Crippen molar-refractivity contribution >= 4 is 53.5 Å². The summed E-state index contributed by atoms with van der Waals surface area (Å²) in [5, 5.41) is 0. The maximum atomic E-state index is 13.5. The van der Waals surface area contributed by atoms with Gasteiger partial charge in [-0.15, -0.1) is 0 Å². The molecule has 9 heteroatoms. The lowest BCUT2D eigenvalue weighted by atomic mass is 9.74. The Kier molecular flexibility index (Phi) is 8.12. The smallest absolute Gasteiger partial charge is 0.265 e. The first-order valence-electron chi connectivity index (χ1n) is 11.7. The number of carbonyl (C=O) groups excluding carboxylic acids is 1. The number of sulfonamides is 1. The number of amides is 1. The van der Waals surface area contributed by atoms with Gasteiger partial charge >= 0.3 is 0 Å². The molecule has 1 fully saturated rings. The molecular formula is C27H28Br2N2O4S. The molecule has 3 aromatic carbocycles. The standard InChI is InChI=1S/C27H28Br2N2O4S/c1-3-35-24-12-11-21(29)18-25(24)36(33,34)30-23-10-5-4-9-22(23)26(32)31-15-13-27(2,14-16-31)19-7-6-8-20(28)17-19/h4-12,17-18,30H,3,13-16H2,1-2H3. The molecule has 1 N–H and O–H groups in total. The van der Waals surface area contributed by atoms with Crippen LogP contribution >= 0.6 is 31.9 Å². The molecule has 0 atom stereocenters. The fourth-order valence-corrected chi connectivity index (χ4v) is 6.61. The van der Waals surface area contributed by atoms with Crippen molar-refractivity contribution in [2.75, 3.05) is 24.4 Å². The number of benzene rings is 3. The van der Waals surface area contributed by atoms with Crippen molar-refractivity contribution < 1.29 is 17.9 Å². The van der Waals surface area contributed by atoms with Crippen molar-refractivity contribution in [1.82, 2.24) is 4.90 Å². The summed E-state index contributed by atoms with van der Waals surface area (Å²) in [6, 6.07) is 19.9. The van der Waals surface area contributed by atoms with Crippen LogP contribution < -0.4 is 9.46 Å². The second-order valence-electron chi connectivity index (χ2n) is 9.04. The van der Waals surface area contributed by atoms with Gasteiger partial charge in [0.2, 0.25) is 0 Å². The van der Waals surface area contributed by atoms with Crippen LogP contribution in [0.5, 0.6) is 5.75 Å². The van der Waals surface area contributed by atoms with Crippen molar-refractivity contribution in [3.05, 3.63) is 86.8 Å². The number of anilines is 1. The normalized spacial score (nSPS) is 15.4. The van der Waals surface area contributed by atoms with Gasteiger partial charge in [0.25, 0.3) is 15.9 Å². The number of ether oxygens (including phenoxy) is 1. The second-order valence-corrected chi connectivity index (χ2v) is 12.5. The highest BCUT2D eigenvalue weighted by atomic mass is 79.9. The highest BCUT2D eigenvalue weighted by Crippen LogP contribution is 2.37. The van der Waals surface area contributed by atoms with Gasteiger partial charge in [0.1, 0.15) is 10.6 Å². The molecule has 0 spiro atoms. The summed E-state index contributed by atoms with van der Waals surface area (Å²) in [4.78, 5) is 15.3. The average molecular weight is 636 g/mol. The minimum Gasteiger partial charge on any atom is -0.492 e. The average Bonchev–Trinajstić information content (AvgIpc) is 2.85. The first-order chi connectivity index (χ1) is 17.1. The molecule has 4 rings (SSSR count). The van der Waals surface area contributed by atoms with E-state index in [-0.39, 0.29) is 27.7 Å². The molecule has 190 valence electrons. The van der Waals surface area contributed by atoms with Gasteiger partial charge in [-0.05, 0) is 73.2 Å². The lowest BCUT2D eigenvalue weighted by molar-refractivity contribution is 0.0677. The third-order valence-electron chi connectivity index (χ3n) is 6.57. The molecule has 3 aromatic rings. The molecule has 1 aliphatic rings. The Morgan fingerprint density at radius 2 is 1.69 bits per heavy atom. The summed E-state index contributed by atoms with van der Waals surface area (Å²) in [5.74, 6) is 0.0590. The number of rotatable bonds is 7. The van der Waals surface area contributed by atoms with Crippen LogP contribution in [0.4, 0.5) is 5.69 Å². The molecule has 1 heterocycles. The van der Waals surface area contributed by atoms with Gasteiger partial charge in [0, 0.05) is 22.0 Å². The zero-order valence-electron chi connectivity index (χ0n) is 20.1. The third-order valence-corrected chi connectivity index (χ3v) is 8.95. The van der Waals surface area contributed by atoms with E-state index in [4.69, 9.17) is 4.74 Å². The van der Waals surface area contributed by atoms with E-state index in [1.54, 1.807) is 48.2 Å². The SMILES string of the molecule is CCOc1ccc(Br)cc1S(=O)(=O)Nc1ccccc1C(=O)N1CCC(C)(c2cccc(Br)c2)CC1. The van der Waals surface area contributed by atoms with Crippen LogP contribution in [0.15, 0.2) is 80.6 Å². The van der Waals surface area contributed by atoms with Crippen molar-refractivity contribution in [2.24, 2.45) is 0 Å². The zero-order chi connectivity index (χ0) is 25.9. The number of hydrogen-bond acceptors (Lipinski definition) is 4. The van der Waals surface area contributed by atoms with Gasteiger partial charge < -0.3 is 9.64 Å². The Labute approximate surface area is 229 Å². The van der Waals surface area contributed by atoms with E-state index in [0.717, 1.165) is 17.3 Å². The predicted molar refractivity (Wildman–Crippen MR) is 149 cm³/mol. The Hall–Kier alpha value is -2.36. The molecule has 6 nitrogen and oxygen atoms in total. The van der Waals surface area contributed by atoms with Crippen molar-refractivity contribution in [2.45, 2.75) is 37.0 Å². The Bertz CT molecular complexity index is 1370. The van der Waals surface area contributed by atoms with Crippen LogP contribution in [0.2, 0.25) is 0 Å². The Morgan fingerprint density at radius 1 is 1.00 bits per heavy atom. The summed E-state index contributed by atoms with van der Waals surface area (Å²) in [6.45, 7) is 5.52. The molecule has 1 aliphatic heterocycles. The van der Waals surface area contributed by atoms with E-state index in [9.17, 15) is 13.2 Å². The van der Waals surface area contributed by atoms with Gasteiger partial charge in [-0.2, -0.15) is 0 Å². The topological polar surface area (TPSA) is 75.7 Å². The highest BCUT2D eigenvalue weighted by Gasteiger charge is 2.34. The van der Waals surface area contributed by atoms with Crippen LogP contribution in [-0.2, 0) is 15.4 Å². The lowest BCUT2D eigenvalue weighted by Gasteiger charge is -2.40. The minimum absolute atomic E-state index is 0.00346. The minimum atomic E-state index is -4.01. The molecule has 0 radical (unpaired) electrons. The van der Waals surface area contributed by atoms with Crippen LogP contribution in [0.3, 0.4) is 0 Å². The Balaban J connectivity index is 1.55. The van der Waals surface area contributed by atoms with Crippen LogP contribution in [0, 0.1) is 0 Å². The van der Waals surface area contributed by atoms with Gasteiger partial charge in [-0.25, -0.2) is 8.42 Å². The van der Waals surface area contributed by atoms with Gasteiger partial charge in [-0.3, -0.25) is 9.52 Å². The maximum Gasteiger partial charge on any atom is 0.265 e. The monoisotopic (exact) mass is 634 g/mol. The summed E-state index contributed by atoms with van der Waals surface area (Å²) in [7, 11) is -4.01. The fourth-order valence-electron chi connectivity index (χ4n) is 4.45. The van der Waals surface area contributed by atoms with Gasteiger partial charge in [0.15, 0.2) is 0 Å². The number of nitrogens with zero attached hydrogens (tertiary/aromatic N) is 1. The summed E-state index contributed by atoms with van der Waals surface area (Å²) < 4.78 is 36.5. The number of hydrogen-bond donors (Lipinski definition) is 1. The number of para-hydroxylation sites is 1.